The number of carbonyl (C=O) groups is 1. The van der Waals surface area contributed by atoms with Crippen LogP contribution in [0.5, 0.6) is 0 Å². The summed E-state index contributed by atoms with van der Waals surface area (Å²) in [4.78, 5) is 12.1. The Morgan fingerprint density at radius 1 is 1.24 bits per heavy atom. The van der Waals surface area contributed by atoms with Crippen molar-refractivity contribution in [1.29, 1.82) is 0 Å². The van der Waals surface area contributed by atoms with E-state index >= 15 is 0 Å². The van der Waals surface area contributed by atoms with Gasteiger partial charge >= 0.3 is 5.97 Å². The molecule has 0 amide bonds. The van der Waals surface area contributed by atoms with E-state index in [0.717, 1.165) is 31.2 Å². The van der Waals surface area contributed by atoms with Crippen molar-refractivity contribution in [2.45, 2.75) is 37.4 Å². The minimum absolute atomic E-state index is 0.104. The first-order valence-electron chi connectivity index (χ1n) is 6.22. The van der Waals surface area contributed by atoms with Gasteiger partial charge in [-0.3, -0.25) is 0 Å². The Morgan fingerprint density at radius 3 is 2.47 bits per heavy atom. The Morgan fingerprint density at radius 2 is 1.88 bits per heavy atom. The van der Waals surface area contributed by atoms with Crippen molar-refractivity contribution in [1.82, 2.24) is 0 Å². The molecule has 2 fully saturated rings. The van der Waals surface area contributed by atoms with Crippen molar-refractivity contribution in [3.63, 3.8) is 0 Å². The average Bonchev–Trinajstić information content (AvgIpc) is 3.04. The Labute approximate surface area is 101 Å². The highest BCUT2D eigenvalue weighted by Crippen LogP contribution is 2.40. The molecule has 3 rings (SSSR count). The Hall–Kier alpha value is -1.35. The third-order valence-corrected chi connectivity index (χ3v) is 3.58. The van der Waals surface area contributed by atoms with Crippen molar-refractivity contribution < 1.29 is 14.3 Å². The summed E-state index contributed by atoms with van der Waals surface area (Å²) in [6.07, 6.45) is 4.42. The van der Waals surface area contributed by atoms with Crippen molar-refractivity contribution >= 4 is 5.97 Å². The lowest BCUT2D eigenvalue weighted by molar-refractivity contribution is -0.155. The van der Waals surface area contributed by atoms with Crippen LogP contribution in [0.15, 0.2) is 30.3 Å². The number of hydrogen-bond donors (Lipinski definition) is 0. The molecule has 3 nitrogen and oxygen atoms in total. The molecule has 0 aromatic heterocycles. The van der Waals surface area contributed by atoms with Gasteiger partial charge in [0.25, 0.3) is 0 Å². The van der Waals surface area contributed by atoms with Crippen LogP contribution in [0, 0.1) is 0 Å². The van der Waals surface area contributed by atoms with Gasteiger partial charge in [-0.05, 0) is 31.2 Å². The van der Waals surface area contributed by atoms with Crippen LogP contribution < -0.4 is 0 Å². The molecule has 1 aliphatic heterocycles. The van der Waals surface area contributed by atoms with Gasteiger partial charge in [-0.1, -0.05) is 30.3 Å². The van der Waals surface area contributed by atoms with E-state index in [-0.39, 0.29) is 12.1 Å². The zero-order chi connectivity index (χ0) is 11.7. The molecular formula is C14H16O3. The Balaban J connectivity index is 1.72. The zero-order valence-electron chi connectivity index (χ0n) is 9.72. The normalized spacial score (nSPS) is 28.0. The van der Waals surface area contributed by atoms with E-state index in [4.69, 9.17) is 9.47 Å². The first kappa shape index (κ1) is 10.8. The van der Waals surface area contributed by atoms with Gasteiger partial charge in [-0.25, -0.2) is 4.79 Å². The number of rotatable bonds is 3. The molecule has 0 radical (unpaired) electrons. The van der Waals surface area contributed by atoms with Gasteiger partial charge in [0.1, 0.15) is 6.10 Å². The fourth-order valence-electron chi connectivity index (χ4n) is 2.43. The summed E-state index contributed by atoms with van der Waals surface area (Å²) in [5.41, 5.74) is 0.104. The quantitative estimate of drug-likeness (QED) is 0.593. The van der Waals surface area contributed by atoms with Gasteiger partial charge in [-0.2, -0.15) is 0 Å². The van der Waals surface area contributed by atoms with Crippen molar-refractivity contribution in [3.05, 3.63) is 35.9 Å². The van der Waals surface area contributed by atoms with Crippen LogP contribution in [0.3, 0.4) is 0 Å². The number of ether oxygens (including phenoxy) is 2. The van der Waals surface area contributed by atoms with Crippen LogP contribution in [0.4, 0.5) is 0 Å². The fraction of sp³-hybridized carbons (Fsp3) is 0.500. The van der Waals surface area contributed by atoms with Crippen molar-refractivity contribution in [2.24, 2.45) is 0 Å². The van der Waals surface area contributed by atoms with Crippen LogP contribution in [-0.4, -0.2) is 18.7 Å². The number of epoxide rings is 1. The Kier molecular flexibility index (Phi) is 2.63. The van der Waals surface area contributed by atoms with Gasteiger partial charge in [0, 0.05) is 0 Å². The molecule has 1 aliphatic carbocycles. The maximum Gasteiger partial charge on any atom is 0.345 e. The monoisotopic (exact) mass is 232 g/mol. The number of carbonyl (C=O) groups excluding carboxylic acids is 1. The topological polar surface area (TPSA) is 38.8 Å². The summed E-state index contributed by atoms with van der Waals surface area (Å²) in [6.45, 7) is 0.447. The molecule has 1 heterocycles. The lowest BCUT2D eigenvalue weighted by Crippen LogP contribution is -2.28. The smallest absolute Gasteiger partial charge is 0.345 e. The second-order valence-corrected chi connectivity index (χ2v) is 4.79. The summed E-state index contributed by atoms with van der Waals surface area (Å²) in [5, 5.41) is 0. The maximum atomic E-state index is 12.1. The van der Waals surface area contributed by atoms with E-state index in [9.17, 15) is 4.79 Å². The summed E-state index contributed by atoms with van der Waals surface area (Å²) < 4.78 is 10.9. The molecule has 90 valence electrons. The highest BCUT2D eigenvalue weighted by molar-refractivity contribution is 5.84. The largest absolute Gasteiger partial charge is 0.460 e. The highest BCUT2D eigenvalue weighted by atomic mass is 16.6. The minimum atomic E-state index is -0.802. The lowest BCUT2D eigenvalue weighted by Gasteiger charge is -2.16. The molecule has 2 aliphatic rings. The van der Waals surface area contributed by atoms with E-state index < -0.39 is 5.60 Å². The third-order valence-electron chi connectivity index (χ3n) is 3.58. The van der Waals surface area contributed by atoms with Crippen LogP contribution in [0.25, 0.3) is 0 Å². The molecule has 0 bridgehead atoms. The van der Waals surface area contributed by atoms with Crippen molar-refractivity contribution in [2.75, 3.05) is 6.61 Å². The van der Waals surface area contributed by atoms with Crippen LogP contribution in [-0.2, 0) is 19.9 Å². The zero-order valence-corrected chi connectivity index (χ0v) is 9.72. The van der Waals surface area contributed by atoms with Gasteiger partial charge in [0.15, 0.2) is 0 Å². The van der Waals surface area contributed by atoms with E-state index in [1.165, 1.54) is 0 Å². The van der Waals surface area contributed by atoms with Gasteiger partial charge in [-0.15, -0.1) is 0 Å². The molecule has 1 atom stereocenters. The molecule has 1 aromatic carbocycles. The molecule has 3 heteroatoms. The molecule has 0 N–H and O–H groups in total. The molecular weight excluding hydrogens is 216 g/mol. The van der Waals surface area contributed by atoms with Crippen LogP contribution in [0.1, 0.15) is 31.2 Å². The van der Waals surface area contributed by atoms with Gasteiger partial charge < -0.3 is 9.47 Å². The summed E-state index contributed by atoms with van der Waals surface area (Å²) in [7, 11) is 0. The Bertz CT molecular complexity index is 403. The highest BCUT2D eigenvalue weighted by Gasteiger charge is 2.56. The molecule has 17 heavy (non-hydrogen) atoms. The first-order valence-corrected chi connectivity index (χ1v) is 6.22. The van der Waals surface area contributed by atoms with Gasteiger partial charge in [0.05, 0.1) is 6.61 Å². The standard InChI is InChI=1S/C14H16O3/c15-13(17-12-8-4-5-9-12)14(10-16-14)11-6-2-1-3-7-11/h1-3,6-7,12H,4-5,8-10H2. The predicted molar refractivity (Wildman–Crippen MR) is 62.4 cm³/mol. The summed E-state index contributed by atoms with van der Waals surface area (Å²) in [5.74, 6) is -0.212. The fourth-order valence-corrected chi connectivity index (χ4v) is 2.43. The summed E-state index contributed by atoms with van der Waals surface area (Å²) in [6, 6.07) is 9.61. The third kappa shape index (κ3) is 1.95. The van der Waals surface area contributed by atoms with E-state index in [1.807, 2.05) is 30.3 Å². The number of esters is 1. The second kappa shape index (κ2) is 4.15. The molecule has 1 unspecified atom stereocenters. The van der Waals surface area contributed by atoms with Crippen LogP contribution >= 0.6 is 0 Å². The van der Waals surface area contributed by atoms with Crippen LogP contribution in [0.2, 0.25) is 0 Å². The van der Waals surface area contributed by atoms with E-state index in [2.05, 4.69) is 0 Å². The molecule has 1 saturated heterocycles. The lowest BCUT2D eigenvalue weighted by atomic mass is 10.0. The molecule has 0 spiro atoms. The predicted octanol–water partition coefficient (Wildman–Crippen LogP) is 2.40. The van der Waals surface area contributed by atoms with E-state index in [1.54, 1.807) is 0 Å². The SMILES string of the molecule is O=C(OC1CCCC1)C1(c2ccccc2)CO1. The second-order valence-electron chi connectivity index (χ2n) is 4.79. The average molecular weight is 232 g/mol. The molecule has 1 aromatic rings. The van der Waals surface area contributed by atoms with Gasteiger partial charge in [0.2, 0.25) is 5.60 Å². The molecule has 1 saturated carbocycles. The maximum absolute atomic E-state index is 12.1. The number of hydrogen-bond acceptors (Lipinski definition) is 3. The van der Waals surface area contributed by atoms with E-state index in [0.29, 0.717) is 6.61 Å². The summed E-state index contributed by atoms with van der Waals surface area (Å²) >= 11 is 0. The number of benzene rings is 1. The minimum Gasteiger partial charge on any atom is -0.460 e. The first-order chi connectivity index (χ1) is 8.31. The van der Waals surface area contributed by atoms with Crippen molar-refractivity contribution in [3.8, 4) is 0 Å².